The van der Waals surface area contributed by atoms with Gasteiger partial charge in [-0.1, -0.05) is 68.7 Å². The Morgan fingerprint density at radius 1 is 1.18 bits per heavy atom. The van der Waals surface area contributed by atoms with Crippen molar-refractivity contribution in [1.82, 2.24) is 0 Å². The molecule has 0 bridgehead atoms. The van der Waals surface area contributed by atoms with Gasteiger partial charge >= 0.3 is 0 Å². The molecule has 1 aliphatic carbocycles. The van der Waals surface area contributed by atoms with Gasteiger partial charge in [-0.15, -0.1) is 0 Å². The molecule has 0 aliphatic heterocycles. The van der Waals surface area contributed by atoms with E-state index in [-0.39, 0.29) is 22.3 Å². The van der Waals surface area contributed by atoms with Gasteiger partial charge in [-0.25, -0.2) is 0 Å². The van der Waals surface area contributed by atoms with Crippen molar-refractivity contribution in [2.45, 2.75) is 63.9 Å². The lowest BCUT2D eigenvalue weighted by molar-refractivity contribution is -0.116. The Hall–Kier alpha value is -0.0500. The Kier molecular flexibility index (Phi) is 5.98. The Morgan fingerprint density at radius 3 is 2.29 bits per heavy atom. The van der Waals surface area contributed by atoms with E-state index in [0.29, 0.717) is 6.42 Å². The SMILES string of the molecule is CCCCCCCCC1(O)CC(=O)C(Cl)=C1Cl. The van der Waals surface area contributed by atoms with Gasteiger partial charge in [0, 0.05) is 6.42 Å². The smallest absolute Gasteiger partial charge is 0.178 e. The Labute approximate surface area is 113 Å². The van der Waals surface area contributed by atoms with E-state index in [0.717, 1.165) is 12.8 Å². The number of carbonyl (C=O) groups is 1. The van der Waals surface area contributed by atoms with Crippen molar-refractivity contribution in [3.8, 4) is 0 Å². The molecule has 1 N–H and O–H groups in total. The monoisotopic (exact) mass is 278 g/mol. The zero-order chi connectivity index (χ0) is 12.9. The number of aliphatic hydroxyl groups is 1. The molecular formula is C13H20Cl2O2. The number of halogens is 2. The van der Waals surface area contributed by atoms with E-state index in [9.17, 15) is 9.90 Å². The predicted octanol–water partition coefficient (Wildman–Crippen LogP) is 4.13. The lowest BCUT2D eigenvalue weighted by atomic mass is 9.95. The third kappa shape index (κ3) is 3.97. The first-order valence-corrected chi connectivity index (χ1v) is 7.08. The molecule has 4 heteroatoms. The Bertz CT molecular complexity index is 313. The summed E-state index contributed by atoms with van der Waals surface area (Å²) in [5, 5.41) is 10.4. The molecule has 0 radical (unpaired) electrons. The molecule has 0 saturated carbocycles. The zero-order valence-electron chi connectivity index (χ0n) is 10.3. The largest absolute Gasteiger partial charge is 0.384 e. The summed E-state index contributed by atoms with van der Waals surface area (Å²) in [4.78, 5) is 11.3. The van der Waals surface area contributed by atoms with Gasteiger partial charge in [-0.2, -0.15) is 0 Å². The lowest BCUT2D eigenvalue weighted by Gasteiger charge is -2.21. The van der Waals surface area contributed by atoms with Crippen LogP contribution in [0.25, 0.3) is 0 Å². The fourth-order valence-electron chi connectivity index (χ4n) is 2.14. The summed E-state index contributed by atoms with van der Waals surface area (Å²) in [6.07, 6.45) is 7.41. The molecule has 0 spiro atoms. The van der Waals surface area contributed by atoms with Crippen molar-refractivity contribution in [3.05, 3.63) is 10.1 Å². The number of ketones is 1. The minimum Gasteiger partial charge on any atom is -0.384 e. The molecule has 1 atom stereocenters. The number of rotatable bonds is 7. The quantitative estimate of drug-likeness (QED) is 0.711. The van der Waals surface area contributed by atoms with Crippen LogP contribution in [-0.4, -0.2) is 16.5 Å². The van der Waals surface area contributed by atoms with Crippen LogP contribution in [0, 0.1) is 0 Å². The second-order valence-electron chi connectivity index (χ2n) is 4.78. The maximum Gasteiger partial charge on any atom is 0.178 e. The van der Waals surface area contributed by atoms with Crippen LogP contribution in [0.2, 0.25) is 0 Å². The van der Waals surface area contributed by atoms with E-state index < -0.39 is 5.60 Å². The summed E-state index contributed by atoms with van der Waals surface area (Å²) >= 11 is 11.6. The Morgan fingerprint density at radius 2 is 1.76 bits per heavy atom. The number of Topliss-reactive ketones (excluding diaryl/α,β-unsaturated/α-hetero) is 1. The normalized spacial score (nSPS) is 24.8. The average Bonchev–Trinajstić information content (AvgIpc) is 2.48. The molecule has 2 nitrogen and oxygen atoms in total. The highest BCUT2D eigenvalue weighted by molar-refractivity contribution is 6.50. The molecule has 0 heterocycles. The number of allylic oxidation sites excluding steroid dienone is 1. The Balaban J connectivity index is 2.30. The van der Waals surface area contributed by atoms with E-state index in [2.05, 4.69) is 6.92 Å². The summed E-state index contributed by atoms with van der Waals surface area (Å²) in [5.41, 5.74) is -1.19. The highest BCUT2D eigenvalue weighted by atomic mass is 35.5. The summed E-state index contributed by atoms with van der Waals surface area (Å²) in [5.74, 6) is -0.245. The topological polar surface area (TPSA) is 37.3 Å². The summed E-state index contributed by atoms with van der Waals surface area (Å²) in [6, 6.07) is 0. The number of hydrogen-bond acceptors (Lipinski definition) is 2. The molecule has 98 valence electrons. The third-order valence-electron chi connectivity index (χ3n) is 3.24. The minimum absolute atomic E-state index is 0.0140. The molecular weight excluding hydrogens is 259 g/mol. The standard InChI is InChI=1S/C13H20Cl2O2/c1-2-3-4-5-6-7-8-13(17)9-10(16)11(14)12(13)15/h17H,2-9H2,1H3. The van der Waals surface area contributed by atoms with Crippen molar-refractivity contribution >= 4 is 29.0 Å². The van der Waals surface area contributed by atoms with Crippen LogP contribution >= 0.6 is 23.2 Å². The first-order valence-electron chi connectivity index (χ1n) is 6.32. The van der Waals surface area contributed by atoms with Crippen molar-refractivity contribution in [2.75, 3.05) is 0 Å². The van der Waals surface area contributed by atoms with E-state index in [1.54, 1.807) is 0 Å². The fraction of sp³-hybridized carbons (Fsp3) is 0.769. The number of carbonyl (C=O) groups excluding carboxylic acids is 1. The summed E-state index contributed by atoms with van der Waals surface area (Å²) in [7, 11) is 0. The summed E-state index contributed by atoms with van der Waals surface area (Å²) in [6.45, 7) is 2.18. The van der Waals surface area contributed by atoms with Crippen LogP contribution in [-0.2, 0) is 4.79 Å². The molecule has 1 aliphatic rings. The predicted molar refractivity (Wildman–Crippen MR) is 71.3 cm³/mol. The number of hydrogen-bond donors (Lipinski definition) is 1. The van der Waals surface area contributed by atoms with Crippen molar-refractivity contribution < 1.29 is 9.90 Å². The van der Waals surface area contributed by atoms with Crippen LogP contribution in [0.3, 0.4) is 0 Å². The van der Waals surface area contributed by atoms with E-state index in [1.807, 2.05) is 0 Å². The fourth-order valence-corrected chi connectivity index (χ4v) is 2.65. The van der Waals surface area contributed by atoms with Crippen LogP contribution < -0.4 is 0 Å². The van der Waals surface area contributed by atoms with Crippen LogP contribution in [0.4, 0.5) is 0 Å². The molecule has 1 unspecified atom stereocenters. The van der Waals surface area contributed by atoms with E-state index >= 15 is 0 Å². The molecule has 17 heavy (non-hydrogen) atoms. The molecule has 0 amide bonds. The van der Waals surface area contributed by atoms with Gasteiger partial charge in [0.05, 0.1) is 5.03 Å². The average molecular weight is 279 g/mol. The van der Waals surface area contributed by atoms with Crippen molar-refractivity contribution in [3.63, 3.8) is 0 Å². The van der Waals surface area contributed by atoms with Gasteiger partial charge in [-0.05, 0) is 6.42 Å². The van der Waals surface area contributed by atoms with Crippen LogP contribution in [0.5, 0.6) is 0 Å². The third-order valence-corrected chi connectivity index (χ3v) is 4.28. The highest BCUT2D eigenvalue weighted by Crippen LogP contribution is 2.41. The maximum atomic E-state index is 11.3. The van der Waals surface area contributed by atoms with Gasteiger partial charge in [0.1, 0.15) is 10.6 Å². The maximum absolute atomic E-state index is 11.3. The molecule has 0 aromatic heterocycles. The minimum atomic E-state index is -1.19. The van der Waals surface area contributed by atoms with Gasteiger partial charge in [0.15, 0.2) is 5.78 Å². The van der Waals surface area contributed by atoms with Crippen molar-refractivity contribution in [1.29, 1.82) is 0 Å². The molecule has 0 aromatic carbocycles. The second-order valence-corrected chi connectivity index (χ2v) is 5.53. The second kappa shape index (κ2) is 6.77. The molecule has 0 aromatic rings. The first-order chi connectivity index (χ1) is 8.01. The lowest BCUT2D eigenvalue weighted by Crippen LogP contribution is -2.27. The van der Waals surface area contributed by atoms with Crippen LogP contribution in [0.1, 0.15) is 58.3 Å². The van der Waals surface area contributed by atoms with Gasteiger partial charge < -0.3 is 5.11 Å². The van der Waals surface area contributed by atoms with E-state index in [4.69, 9.17) is 23.2 Å². The van der Waals surface area contributed by atoms with Gasteiger partial charge in [-0.3, -0.25) is 4.79 Å². The summed E-state index contributed by atoms with van der Waals surface area (Å²) < 4.78 is 0. The van der Waals surface area contributed by atoms with Crippen LogP contribution in [0.15, 0.2) is 10.1 Å². The zero-order valence-corrected chi connectivity index (χ0v) is 11.8. The number of unbranched alkanes of at least 4 members (excludes halogenated alkanes) is 5. The van der Waals surface area contributed by atoms with E-state index in [1.165, 1.54) is 25.7 Å². The molecule has 0 saturated heterocycles. The van der Waals surface area contributed by atoms with Crippen molar-refractivity contribution in [2.24, 2.45) is 0 Å². The molecule has 0 fully saturated rings. The van der Waals surface area contributed by atoms with Gasteiger partial charge in [0.2, 0.25) is 0 Å². The molecule has 1 rings (SSSR count). The van der Waals surface area contributed by atoms with Gasteiger partial charge in [0.25, 0.3) is 0 Å². The first kappa shape index (κ1) is 15.0. The highest BCUT2D eigenvalue weighted by Gasteiger charge is 2.42.